The van der Waals surface area contributed by atoms with Crippen molar-refractivity contribution in [2.24, 2.45) is 0 Å². The van der Waals surface area contributed by atoms with Crippen LogP contribution in [0.2, 0.25) is 0 Å². The zero-order valence-electron chi connectivity index (χ0n) is 33.6. The van der Waals surface area contributed by atoms with E-state index in [4.69, 9.17) is 15.0 Å². The van der Waals surface area contributed by atoms with Gasteiger partial charge >= 0.3 is 0 Å². The Hall–Kier alpha value is -7.99. The number of anilines is 3. The molecule has 2 heterocycles. The molecule has 0 unspecified atom stereocenters. The molecular formula is C57H38N4S. The van der Waals surface area contributed by atoms with Crippen LogP contribution in [0.5, 0.6) is 0 Å². The van der Waals surface area contributed by atoms with Gasteiger partial charge in [-0.15, -0.1) is 11.3 Å². The SMILES string of the molecule is c1ccc(-c2cccc(N(c3ccc(-c4cc(-c5nc(-c6ccccc6)nc(-c6ccccc6)n5)cc5sc6ccccc6c45)cc3)c3cccc(-c4ccccc4)c3)c2)cc1. The Bertz CT molecular complexity index is 3190. The number of rotatable bonds is 9. The van der Waals surface area contributed by atoms with Gasteiger partial charge in [0.05, 0.1) is 0 Å². The Morgan fingerprint density at radius 2 is 0.742 bits per heavy atom. The molecule has 292 valence electrons. The van der Waals surface area contributed by atoms with Crippen molar-refractivity contribution in [2.45, 2.75) is 0 Å². The topological polar surface area (TPSA) is 41.9 Å². The fraction of sp³-hybridized carbons (Fsp3) is 0. The number of hydrogen-bond acceptors (Lipinski definition) is 5. The van der Waals surface area contributed by atoms with E-state index >= 15 is 0 Å². The second kappa shape index (κ2) is 16.2. The standard InChI is InChI=1S/C57H38N4S/c1-5-17-39(18-6-1)44-25-15-27-48(35-44)61(49-28-16-26-45(36-49)40-19-7-2-8-20-40)47-33-31-41(32-34-47)51-37-46(38-53-54(51)50-29-13-14-30-52(50)62-53)57-59-55(42-21-9-3-10-22-42)58-56(60-57)43-23-11-4-12-24-43/h1-38H. The molecule has 0 aliphatic rings. The molecule has 0 saturated heterocycles. The maximum Gasteiger partial charge on any atom is 0.164 e. The number of fused-ring (bicyclic) bond motifs is 3. The minimum atomic E-state index is 0.637. The van der Waals surface area contributed by atoms with Gasteiger partial charge in [-0.1, -0.05) is 176 Å². The maximum absolute atomic E-state index is 5.13. The van der Waals surface area contributed by atoms with E-state index in [2.05, 4.69) is 199 Å². The van der Waals surface area contributed by atoms with E-state index in [1.165, 1.54) is 31.3 Å². The van der Waals surface area contributed by atoms with E-state index in [0.717, 1.165) is 56.0 Å². The van der Waals surface area contributed by atoms with Crippen LogP contribution >= 0.6 is 11.3 Å². The molecule has 11 aromatic rings. The van der Waals surface area contributed by atoms with Crippen LogP contribution in [0.3, 0.4) is 0 Å². The molecule has 0 radical (unpaired) electrons. The minimum Gasteiger partial charge on any atom is -0.310 e. The normalized spacial score (nSPS) is 11.2. The van der Waals surface area contributed by atoms with Crippen LogP contribution in [0.4, 0.5) is 17.1 Å². The molecule has 4 nitrogen and oxygen atoms in total. The third-order valence-electron chi connectivity index (χ3n) is 11.3. The molecule has 11 rings (SSSR count). The van der Waals surface area contributed by atoms with Gasteiger partial charge in [0.2, 0.25) is 0 Å². The summed E-state index contributed by atoms with van der Waals surface area (Å²) in [6, 6.07) is 81.3. The molecule has 5 heteroatoms. The summed E-state index contributed by atoms with van der Waals surface area (Å²) in [4.78, 5) is 17.6. The Balaban J connectivity index is 1.07. The van der Waals surface area contributed by atoms with Crippen molar-refractivity contribution >= 4 is 48.6 Å². The highest BCUT2D eigenvalue weighted by molar-refractivity contribution is 7.26. The predicted octanol–water partition coefficient (Wildman–Crippen LogP) is 15.7. The monoisotopic (exact) mass is 810 g/mol. The molecule has 0 N–H and O–H groups in total. The fourth-order valence-electron chi connectivity index (χ4n) is 8.30. The lowest BCUT2D eigenvalue weighted by atomic mass is 9.96. The number of hydrogen-bond donors (Lipinski definition) is 0. The van der Waals surface area contributed by atoms with Crippen molar-refractivity contribution in [3.8, 4) is 67.5 Å². The molecule has 62 heavy (non-hydrogen) atoms. The van der Waals surface area contributed by atoms with Gasteiger partial charge in [-0.25, -0.2) is 15.0 Å². The second-order valence-electron chi connectivity index (χ2n) is 15.2. The lowest BCUT2D eigenvalue weighted by molar-refractivity contribution is 1.07. The first-order valence-electron chi connectivity index (χ1n) is 20.8. The van der Waals surface area contributed by atoms with E-state index in [1.54, 1.807) is 11.3 Å². The molecule has 0 amide bonds. The Labute approximate surface area is 364 Å². The van der Waals surface area contributed by atoms with Crippen LogP contribution in [0.25, 0.3) is 87.7 Å². The summed E-state index contributed by atoms with van der Waals surface area (Å²) in [7, 11) is 0. The molecule has 0 spiro atoms. The first-order valence-corrected chi connectivity index (χ1v) is 21.6. The number of nitrogens with zero attached hydrogens (tertiary/aromatic N) is 4. The Kier molecular flexibility index (Phi) is 9.69. The van der Waals surface area contributed by atoms with Gasteiger partial charge in [-0.3, -0.25) is 0 Å². The molecular weight excluding hydrogens is 773 g/mol. The van der Waals surface area contributed by atoms with Crippen molar-refractivity contribution in [3.63, 3.8) is 0 Å². The van der Waals surface area contributed by atoms with Crippen LogP contribution in [0.1, 0.15) is 0 Å². The van der Waals surface area contributed by atoms with E-state index in [-0.39, 0.29) is 0 Å². The van der Waals surface area contributed by atoms with Gasteiger partial charge in [-0.2, -0.15) is 0 Å². The van der Waals surface area contributed by atoms with Gasteiger partial charge in [0.25, 0.3) is 0 Å². The third-order valence-corrected chi connectivity index (χ3v) is 12.4. The van der Waals surface area contributed by atoms with E-state index in [9.17, 15) is 0 Å². The fourth-order valence-corrected chi connectivity index (χ4v) is 9.47. The molecule has 0 aliphatic carbocycles. The lowest BCUT2D eigenvalue weighted by Gasteiger charge is -2.27. The summed E-state index contributed by atoms with van der Waals surface area (Å²) in [5.41, 5.74) is 13.0. The maximum atomic E-state index is 5.13. The number of benzene rings is 9. The van der Waals surface area contributed by atoms with Gasteiger partial charge in [-0.05, 0) is 88.0 Å². The van der Waals surface area contributed by atoms with Crippen LogP contribution < -0.4 is 4.90 Å². The summed E-state index contributed by atoms with van der Waals surface area (Å²) in [5.74, 6) is 1.92. The van der Waals surface area contributed by atoms with E-state index in [0.29, 0.717) is 17.5 Å². The molecule has 0 saturated carbocycles. The zero-order chi connectivity index (χ0) is 41.2. The quantitative estimate of drug-likeness (QED) is 0.146. The van der Waals surface area contributed by atoms with Crippen molar-refractivity contribution in [3.05, 3.63) is 231 Å². The lowest BCUT2D eigenvalue weighted by Crippen LogP contribution is -2.10. The largest absolute Gasteiger partial charge is 0.310 e. The van der Waals surface area contributed by atoms with Gasteiger partial charge in [0.15, 0.2) is 17.5 Å². The first kappa shape index (κ1) is 37.0. The molecule has 9 aromatic carbocycles. The minimum absolute atomic E-state index is 0.637. The summed E-state index contributed by atoms with van der Waals surface area (Å²) in [5, 5.41) is 2.46. The van der Waals surface area contributed by atoms with Crippen LogP contribution in [-0.2, 0) is 0 Å². The molecule has 0 aliphatic heterocycles. The predicted molar refractivity (Wildman–Crippen MR) is 260 cm³/mol. The Morgan fingerprint density at radius 1 is 0.290 bits per heavy atom. The molecule has 0 atom stereocenters. The van der Waals surface area contributed by atoms with Gasteiger partial charge in [0.1, 0.15) is 0 Å². The highest BCUT2D eigenvalue weighted by Gasteiger charge is 2.19. The van der Waals surface area contributed by atoms with Gasteiger partial charge < -0.3 is 4.90 Å². The smallest absolute Gasteiger partial charge is 0.164 e. The van der Waals surface area contributed by atoms with Gasteiger partial charge in [0, 0.05) is 53.9 Å². The Morgan fingerprint density at radius 3 is 1.27 bits per heavy atom. The van der Waals surface area contributed by atoms with E-state index < -0.39 is 0 Å². The number of thiophene rings is 1. The summed E-state index contributed by atoms with van der Waals surface area (Å²) < 4.78 is 2.42. The zero-order valence-corrected chi connectivity index (χ0v) is 34.5. The highest BCUT2D eigenvalue weighted by Crippen LogP contribution is 2.44. The first-order chi connectivity index (χ1) is 30.7. The average Bonchev–Trinajstić information content (AvgIpc) is 3.74. The van der Waals surface area contributed by atoms with Crippen molar-refractivity contribution in [1.82, 2.24) is 15.0 Å². The van der Waals surface area contributed by atoms with Crippen molar-refractivity contribution in [1.29, 1.82) is 0 Å². The van der Waals surface area contributed by atoms with Crippen LogP contribution in [-0.4, -0.2) is 15.0 Å². The molecule has 2 aromatic heterocycles. The number of aromatic nitrogens is 3. The van der Waals surface area contributed by atoms with Crippen LogP contribution in [0.15, 0.2) is 231 Å². The molecule has 0 bridgehead atoms. The van der Waals surface area contributed by atoms with E-state index in [1.807, 2.05) is 36.4 Å². The summed E-state index contributed by atoms with van der Waals surface area (Å²) >= 11 is 1.80. The average molecular weight is 811 g/mol. The summed E-state index contributed by atoms with van der Waals surface area (Å²) in [6.45, 7) is 0. The second-order valence-corrected chi connectivity index (χ2v) is 16.3. The van der Waals surface area contributed by atoms with Crippen LogP contribution in [0, 0.1) is 0 Å². The molecule has 0 fully saturated rings. The van der Waals surface area contributed by atoms with Crippen molar-refractivity contribution in [2.75, 3.05) is 4.90 Å². The highest BCUT2D eigenvalue weighted by atomic mass is 32.1. The third kappa shape index (κ3) is 7.21. The summed E-state index contributed by atoms with van der Waals surface area (Å²) in [6.07, 6.45) is 0. The van der Waals surface area contributed by atoms with Crippen molar-refractivity contribution < 1.29 is 0 Å².